The van der Waals surface area contributed by atoms with E-state index >= 15 is 0 Å². The van der Waals surface area contributed by atoms with Crippen molar-refractivity contribution in [2.75, 3.05) is 7.11 Å². The molecule has 0 bridgehead atoms. The van der Waals surface area contributed by atoms with Crippen LogP contribution in [0.25, 0.3) is 11.4 Å². The van der Waals surface area contributed by atoms with Gasteiger partial charge in [0.25, 0.3) is 0 Å². The summed E-state index contributed by atoms with van der Waals surface area (Å²) in [5.41, 5.74) is 0.265. The van der Waals surface area contributed by atoms with Crippen molar-refractivity contribution in [3.8, 4) is 17.1 Å². The van der Waals surface area contributed by atoms with Crippen LogP contribution in [0.5, 0.6) is 5.75 Å². The number of benzene rings is 2. The van der Waals surface area contributed by atoms with Crippen molar-refractivity contribution in [3.63, 3.8) is 0 Å². The second-order valence-electron chi connectivity index (χ2n) is 6.53. The zero-order valence-corrected chi connectivity index (χ0v) is 16.7. The molecule has 152 valence electrons. The van der Waals surface area contributed by atoms with Crippen LogP contribution in [-0.4, -0.2) is 26.4 Å². The highest BCUT2D eigenvalue weighted by Crippen LogP contribution is 2.21. The maximum absolute atomic E-state index is 12.5. The van der Waals surface area contributed by atoms with Gasteiger partial charge in [-0.2, -0.15) is 4.98 Å². The average molecular weight is 425 g/mol. The van der Waals surface area contributed by atoms with E-state index in [1.54, 1.807) is 43.6 Å². The summed E-state index contributed by atoms with van der Waals surface area (Å²) in [5, 5.41) is 4.55. The van der Waals surface area contributed by atoms with E-state index in [-0.39, 0.29) is 19.0 Å². The largest absolute Gasteiger partial charge is 0.497 e. The van der Waals surface area contributed by atoms with Crippen molar-refractivity contribution in [1.82, 2.24) is 19.3 Å². The van der Waals surface area contributed by atoms with Crippen molar-refractivity contribution >= 4 is 11.6 Å². The van der Waals surface area contributed by atoms with E-state index in [9.17, 15) is 9.59 Å². The van der Waals surface area contributed by atoms with Gasteiger partial charge in [-0.05, 0) is 29.8 Å². The molecule has 0 aliphatic rings. The molecule has 30 heavy (non-hydrogen) atoms. The zero-order valence-electron chi connectivity index (χ0n) is 16.0. The lowest BCUT2D eigenvalue weighted by Crippen LogP contribution is -2.40. The third-order valence-electron chi connectivity index (χ3n) is 4.50. The maximum Gasteiger partial charge on any atom is 0.316 e. The first-order chi connectivity index (χ1) is 14.5. The van der Waals surface area contributed by atoms with Gasteiger partial charge in [0.15, 0.2) is 0 Å². The van der Waals surface area contributed by atoms with Crippen LogP contribution >= 0.6 is 11.6 Å². The lowest BCUT2D eigenvalue weighted by molar-refractivity contribution is 0.369. The second-order valence-corrected chi connectivity index (χ2v) is 6.97. The predicted molar refractivity (Wildman–Crippen MR) is 111 cm³/mol. The number of rotatable bonds is 6. The lowest BCUT2D eigenvalue weighted by atomic mass is 10.2. The summed E-state index contributed by atoms with van der Waals surface area (Å²) >= 11 is 5.88. The molecule has 0 radical (unpaired) electrons. The first-order valence-electron chi connectivity index (χ1n) is 9.05. The second kappa shape index (κ2) is 8.38. The molecule has 8 nitrogen and oxygen atoms in total. The Morgan fingerprint density at radius 3 is 2.40 bits per heavy atom. The summed E-state index contributed by atoms with van der Waals surface area (Å²) in [5.74, 6) is 1.25. The summed E-state index contributed by atoms with van der Waals surface area (Å²) in [6, 6.07) is 14.3. The molecule has 0 aliphatic heterocycles. The Hall–Kier alpha value is -3.65. The molecule has 2 aromatic heterocycles. The molecule has 0 amide bonds. The van der Waals surface area contributed by atoms with Gasteiger partial charge in [-0.3, -0.25) is 14.2 Å². The average Bonchev–Trinajstić information content (AvgIpc) is 3.24. The highest BCUT2D eigenvalue weighted by atomic mass is 35.5. The van der Waals surface area contributed by atoms with Gasteiger partial charge in [-0.1, -0.05) is 41.0 Å². The molecule has 0 unspecified atom stereocenters. The monoisotopic (exact) mass is 424 g/mol. The minimum absolute atomic E-state index is 0.00712. The molecule has 0 saturated carbocycles. The molecule has 0 aliphatic carbocycles. The van der Waals surface area contributed by atoms with Crippen molar-refractivity contribution in [3.05, 3.63) is 98.1 Å². The number of hydrogen-bond donors (Lipinski definition) is 0. The standard InChI is InChI=1S/C21H17ClN4O4/c1-29-17-4-2-3-15(11-17)19-23-18(30-24-19)13-26-10-9-25(20(27)21(26)28)12-14-5-7-16(22)8-6-14/h2-11H,12-13H2,1H3. The predicted octanol–water partition coefficient (Wildman–Crippen LogP) is 2.82. The van der Waals surface area contributed by atoms with Crippen LogP contribution in [-0.2, 0) is 13.1 Å². The molecule has 4 aromatic rings. The van der Waals surface area contributed by atoms with Gasteiger partial charge >= 0.3 is 11.1 Å². The van der Waals surface area contributed by atoms with Gasteiger partial charge in [-0.25, -0.2) is 0 Å². The highest BCUT2D eigenvalue weighted by molar-refractivity contribution is 6.30. The Labute approximate surface area is 175 Å². The summed E-state index contributed by atoms with van der Waals surface area (Å²) in [6.45, 7) is 0.263. The fourth-order valence-electron chi connectivity index (χ4n) is 2.92. The van der Waals surface area contributed by atoms with Crippen molar-refractivity contribution in [2.45, 2.75) is 13.1 Å². The van der Waals surface area contributed by atoms with Crippen LogP contribution in [0.4, 0.5) is 0 Å². The van der Waals surface area contributed by atoms with E-state index in [1.165, 1.54) is 15.3 Å². The first kappa shape index (κ1) is 19.7. The molecule has 0 fully saturated rings. The van der Waals surface area contributed by atoms with Crippen LogP contribution in [0.1, 0.15) is 11.5 Å². The molecule has 0 N–H and O–H groups in total. The smallest absolute Gasteiger partial charge is 0.316 e. The molecule has 2 heterocycles. The van der Waals surface area contributed by atoms with E-state index in [0.29, 0.717) is 16.6 Å². The molecule has 4 rings (SSSR count). The van der Waals surface area contributed by atoms with Crippen LogP contribution < -0.4 is 15.9 Å². The fraction of sp³-hybridized carbons (Fsp3) is 0.143. The van der Waals surface area contributed by atoms with Crippen LogP contribution in [0.15, 0.2) is 75.0 Å². The van der Waals surface area contributed by atoms with Gasteiger partial charge in [-0.15, -0.1) is 0 Å². The number of aromatic nitrogens is 4. The third-order valence-corrected chi connectivity index (χ3v) is 4.75. The number of ether oxygens (including phenoxy) is 1. The van der Waals surface area contributed by atoms with E-state index in [2.05, 4.69) is 10.1 Å². The summed E-state index contributed by atoms with van der Waals surface area (Å²) in [4.78, 5) is 29.3. The summed E-state index contributed by atoms with van der Waals surface area (Å²) in [7, 11) is 1.57. The molecule has 0 saturated heterocycles. The van der Waals surface area contributed by atoms with Crippen LogP contribution in [0, 0.1) is 0 Å². The highest BCUT2D eigenvalue weighted by Gasteiger charge is 2.12. The molecule has 9 heteroatoms. The van der Waals surface area contributed by atoms with Gasteiger partial charge < -0.3 is 13.8 Å². The van der Waals surface area contributed by atoms with E-state index in [1.807, 2.05) is 18.2 Å². The molecule has 0 spiro atoms. The lowest BCUT2D eigenvalue weighted by Gasteiger charge is -2.08. The molecule has 2 aromatic carbocycles. The van der Waals surface area contributed by atoms with Gasteiger partial charge in [0.1, 0.15) is 12.3 Å². The van der Waals surface area contributed by atoms with E-state index in [0.717, 1.165) is 11.1 Å². The SMILES string of the molecule is COc1cccc(-c2noc(Cn3ccn(Cc4ccc(Cl)cc4)c(=O)c3=O)n2)c1. The van der Waals surface area contributed by atoms with Gasteiger partial charge in [0.2, 0.25) is 11.7 Å². The summed E-state index contributed by atoms with van der Waals surface area (Å²) in [6.07, 6.45) is 3.08. The Morgan fingerprint density at radius 1 is 1.00 bits per heavy atom. The quantitative estimate of drug-likeness (QED) is 0.442. The number of methoxy groups -OCH3 is 1. The van der Waals surface area contributed by atoms with E-state index in [4.69, 9.17) is 20.9 Å². The first-order valence-corrected chi connectivity index (χ1v) is 9.42. The number of hydrogen-bond acceptors (Lipinski definition) is 6. The Balaban J connectivity index is 1.55. The molecular formula is C21H17ClN4O4. The van der Waals surface area contributed by atoms with Crippen molar-refractivity contribution in [1.29, 1.82) is 0 Å². The fourth-order valence-corrected chi connectivity index (χ4v) is 3.05. The summed E-state index contributed by atoms with van der Waals surface area (Å²) < 4.78 is 13.0. The minimum atomic E-state index is -0.674. The van der Waals surface area contributed by atoms with Crippen molar-refractivity contribution < 1.29 is 9.26 Å². The zero-order chi connectivity index (χ0) is 21.1. The van der Waals surface area contributed by atoms with Gasteiger partial charge in [0.05, 0.1) is 13.7 Å². The Bertz CT molecular complexity index is 1290. The normalized spacial score (nSPS) is 10.9. The minimum Gasteiger partial charge on any atom is -0.497 e. The third kappa shape index (κ3) is 4.18. The Morgan fingerprint density at radius 2 is 1.70 bits per heavy atom. The Kier molecular flexibility index (Phi) is 5.49. The van der Waals surface area contributed by atoms with E-state index < -0.39 is 11.1 Å². The van der Waals surface area contributed by atoms with Gasteiger partial charge in [0, 0.05) is 23.0 Å². The number of halogens is 1. The number of nitrogens with zero attached hydrogens (tertiary/aromatic N) is 4. The van der Waals surface area contributed by atoms with Crippen LogP contribution in [0.2, 0.25) is 5.02 Å². The van der Waals surface area contributed by atoms with Crippen molar-refractivity contribution in [2.24, 2.45) is 0 Å². The van der Waals surface area contributed by atoms with Crippen LogP contribution in [0.3, 0.4) is 0 Å². The molecule has 0 atom stereocenters. The molecular weight excluding hydrogens is 408 g/mol. The maximum atomic E-state index is 12.5. The topological polar surface area (TPSA) is 92.2 Å².